The first-order valence-corrected chi connectivity index (χ1v) is 7.85. The standard InChI is InChI=1S/C11H20N2O4S/c1-17-11(14)9-3-2-4-10(9)18(15,16)13-7-5-12-6-8-13/h9-10,12H,2-8H2,1H3. The van der Waals surface area contributed by atoms with Crippen LogP contribution in [-0.2, 0) is 19.6 Å². The molecular weight excluding hydrogens is 256 g/mol. The zero-order valence-corrected chi connectivity index (χ0v) is 11.4. The van der Waals surface area contributed by atoms with Gasteiger partial charge in [-0.05, 0) is 12.8 Å². The number of piperazine rings is 1. The van der Waals surface area contributed by atoms with E-state index >= 15 is 0 Å². The Morgan fingerprint density at radius 3 is 2.56 bits per heavy atom. The number of carbonyl (C=O) groups excluding carboxylic acids is 1. The molecule has 18 heavy (non-hydrogen) atoms. The molecule has 1 aliphatic carbocycles. The Bertz CT molecular complexity index is 403. The van der Waals surface area contributed by atoms with Gasteiger partial charge in [0, 0.05) is 26.2 Å². The zero-order valence-electron chi connectivity index (χ0n) is 10.6. The number of hydrogen-bond acceptors (Lipinski definition) is 5. The maximum atomic E-state index is 12.5. The van der Waals surface area contributed by atoms with Crippen molar-refractivity contribution in [2.75, 3.05) is 33.3 Å². The number of rotatable bonds is 3. The molecule has 2 unspecified atom stereocenters. The molecule has 2 fully saturated rings. The number of carbonyl (C=O) groups is 1. The third kappa shape index (κ3) is 2.53. The van der Waals surface area contributed by atoms with Crippen LogP contribution < -0.4 is 5.32 Å². The van der Waals surface area contributed by atoms with E-state index in [1.54, 1.807) is 0 Å². The SMILES string of the molecule is COC(=O)C1CCCC1S(=O)(=O)N1CCNCC1. The quantitative estimate of drug-likeness (QED) is 0.708. The normalized spacial score (nSPS) is 30.3. The van der Waals surface area contributed by atoms with Gasteiger partial charge in [0.05, 0.1) is 18.3 Å². The van der Waals surface area contributed by atoms with Crippen LogP contribution in [0.4, 0.5) is 0 Å². The van der Waals surface area contributed by atoms with Gasteiger partial charge in [-0.25, -0.2) is 8.42 Å². The minimum absolute atomic E-state index is 0.392. The molecule has 1 aliphatic heterocycles. The second-order valence-corrected chi connectivity index (χ2v) is 6.94. The first kappa shape index (κ1) is 13.8. The first-order chi connectivity index (χ1) is 8.57. The largest absolute Gasteiger partial charge is 0.469 e. The molecule has 0 spiro atoms. The van der Waals surface area contributed by atoms with Gasteiger partial charge in [-0.1, -0.05) is 6.42 Å². The van der Waals surface area contributed by atoms with Crippen LogP contribution in [0, 0.1) is 5.92 Å². The van der Waals surface area contributed by atoms with Gasteiger partial charge in [0.1, 0.15) is 0 Å². The molecule has 104 valence electrons. The summed E-state index contributed by atoms with van der Waals surface area (Å²) in [4.78, 5) is 11.6. The van der Waals surface area contributed by atoms with Crippen molar-refractivity contribution in [3.8, 4) is 0 Å². The maximum Gasteiger partial charge on any atom is 0.310 e. The number of sulfonamides is 1. The van der Waals surface area contributed by atoms with Crippen LogP contribution in [0.2, 0.25) is 0 Å². The van der Waals surface area contributed by atoms with E-state index in [4.69, 9.17) is 4.74 Å². The molecule has 6 nitrogen and oxygen atoms in total. The monoisotopic (exact) mass is 276 g/mol. The molecule has 1 saturated carbocycles. The third-order valence-electron chi connectivity index (χ3n) is 3.77. The van der Waals surface area contributed by atoms with E-state index < -0.39 is 27.2 Å². The van der Waals surface area contributed by atoms with E-state index in [2.05, 4.69) is 5.32 Å². The molecule has 0 bridgehead atoms. The number of ether oxygens (including phenoxy) is 1. The predicted octanol–water partition coefficient (Wildman–Crippen LogP) is -0.437. The second-order valence-electron chi connectivity index (χ2n) is 4.79. The summed E-state index contributed by atoms with van der Waals surface area (Å²) in [6, 6.07) is 0. The average Bonchev–Trinajstić information content (AvgIpc) is 2.89. The summed E-state index contributed by atoms with van der Waals surface area (Å²) in [6.45, 7) is 2.34. The molecule has 0 radical (unpaired) electrons. The molecule has 0 aromatic carbocycles. The van der Waals surface area contributed by atoms with Crippen molar-refractivity contribution in [3.63, 3.8) is 0 Å². The van der Waals surface area contributed by atoms with Crippen molar-refractivity contribution in [3.05, 3.63) is 0 Å². The van der Waals surface area contributed by atoms with E-state index in [1.807, 2.05) is 0 Å². The van der Waals surface area contributed by atoms with Crippen molar-refractivity contribution >= 4 is 16.0 Å². The Labute approximate surface area is 108 Å². The molecule has 2 rings (SSSR count). The van der Waals surface area contributed by atoms with Gasteiger partial charge in [0.15, 0.2) is 0 Å². The topological polar surface area (TPSA) is 75.7 Å². The fourth-order valence-corrected chi connectivity index (χ4v) is 5.00. The first-order valence-electron chi connectivity index (χ1n) is 6.35. The lowest BCUT2D eigenvalue weighted by atomic mass is 10.1. The Kier molecular flexibility index (Phi) is 4.24. The highest BCUT2D eigenvalue weighted by Gasteiger charge is 2.44. The van der Waals surface area contributed by atoms with Crippen LogP contribution in [-0.4, -0.2) is 57.2 Å². The van der Waals surface area contributed by atoms with E-state index in [1.165, 1.54) is 11.4 Å². The number of nitrogens with one attached hydrogen (secondary N) is 1. The van der Waals surface area contributed by atoms with Crippen LogP contribution in [0.25, 0.3) is 0 Å². The van der Waals surface area contributed by atoms with Crippen molar-refractivity contribution in [1.82, 2.24) is 9.62 Å². The maximum absolute atomic E-state index is 12.5. The van der Waals surface area contributed by atoms with Crippen LogP contribution in [0.15, 0.2) is 0 Å². The molecule has 2 aliphatic rings. The van der Waals surface area contributed by atoms with Gasteiger partial charge in [-0.3, -0.25) is 4.79 Å². The molecule has 1 saturated heterocycles. The van der Waals surface area contributed by atoms with Crippen molar-refractivity contribution < 1.29 is 17.9 Å². The Morgan fingerprint density at radius 2 is 1.94 bits per heavy atom. The van der Waals surface area contributed by atoms with Crippen LogP contribution in [0.3, 0.4) is 0 Å². The van der Waals surface area contributed by atoms with Crippen LogP contribution in [0.5, 0.6) is 0 Å². The summed E-state index contributed by atoms with van der Waals surface area (Å²) < 4.78 is 31.2. The summed E-state index contributed by atoms with van der Waals surface area (Å²) in [5.74, 6) is -0.883. The van der Waals surface area contributed by atoms with Gasteiger partial charge in [-0.2, -0.15) is 4.31 Å². The van der Waals surface area contributed by atoms with Gasteiger partial charge in [-0.15, -0.1) is 0 Å². The minimum atomic E-state index is -3.37. The molecule has 2 atom stereocenters. The smallest absolute Gasteiger partial charge is 0.310 e. The van der Waals surface area contributed by atoms with Gasteiger partial charge in [0.2, 0.25) is 10.0 Å². The van der Waals surface area contributed by atoms with Crippen molar-refractivity contribution in [2.24, 2.45) is 5.92 Å². The van der Waals surface area contributed by atoms with Crippen molar-refractivity contribution in [2.45, 2.75) is 24.5 Å². The average molecular weight is 276 g/mol. The molecule has 7 heteroatoms. The van der Waals surface area contributed by atoms with Crippen molar-refractivity contribution in [1.29, 1.82) is 0 Å². The van der Waals surface area contributed by atoms with E-state index in [9.17, 15) is 13.2 Å². The summed E-state index contributed by atoms with van der Waals surface area (Å²) in [5.41, 5.74) is 0. The lowest BCUT2D eigenvalue weighted by Gasteiger charge is -2.30. The Morgan fingerprint density at radius 1 is 1.28 bits per heavy atom. The van der Waals surface area contributed by atoms with Crippen LogP contribution in [0.1, 0.15) is 19.3 Å². The van der Waals surface area contributed by atoms with E-state index in [0.717, 1.165) is 6.42 Å². The third-order valence-corrected chi connectivity index (χ3v) is 6.19. The molecule has 0 amide bonds. The highest BCUT2D eigenvalue weighted by Crippen LogP contribution is 2.33. The summed E-state index contributed by atoms with van der Waals surface area (Å²) in [5, 5.41) is 2.53. The summed E-state index contributed by atoms with van der Waals surface area (Å²) >= 11 is 0. The summed E-state index contributed by atoms with van der Waals surface area (Å²) in [6.07, 6.45) is 1.95. The fourth-order valence-electron chi connectivity index (χ4n) is 2.79. The summed E-state index contributed by atoms with van der Waals surface area (Å²) in [7, 11) is -2.06. The molecule has 0 aromatic rings. The van der Waals surface area contributed by atoms with Gasteiger partial charge < -0.3 is 10.1 Å². The second kappa shape index (κ2) is 5.54. The molecule has 0 aromatic heterocycles. The zero-order chi connectivity index (χ0) is 13.2. The lowest BCUT2D eigenvalue weighted by molar-refractivity contribution is -0.145. The Balaban J connectivity index is 2.15. The van der Waals surface area contributed by atoms with E-state index in [-0.39, 0.29) is 0 Å². The van der Waals surface area contributed by atoms with Gasteiger partial charge >= 0.3 is 5.97 Å². The number of hydrogen-bond donors (Lipinski definition) is 1. The molecule has 1 N–H and O–H groups in total. The van der Waals surface area contributed by atoms with Crippen LogP contribution >= 0.6 is 0 Å². The lowest BCUT2D eigenvalue weighted by Crippen LogP contribution is -2.50. The van der Waals surface area contributed by atoms with E-state index in [0.29, 0.717) is 39.0 Å². The number of methoxy groups -OCH3 is 1. The fraction of sp³-hybridized carbons (Fsp3) is 0.909. The molecular formula is C11H20N2O4S. The number of nitrogens with zero attached hydrogens (tertiary/aromatic N) is 1. The molecule has 1 heterocycles. The minimum Gasteiger partial charge on any atom is -0.469 e. The predicted molar refractivity (Wildman–Crippen MR) is 66.5 cm³/mol. The highest BCUT2D eigenvalue weighted by atomic mass is 32.2. The van der Waals surface area contributed by atoms with Gasteiger partial charge in [0.25, 0.3) is 0 Å². The Hall–Kier alpha value is -0.660. The highest BCUT2D eigenvalue weighted by molar-refractivity contribution is 7.89. The number of esters is 1.